The molecule has 2 rings (SSSR count). The maximum atomic E-state index is 11.8. The average molecular weight is 288 g/mol. The topological polar surface area (TPSA) is 59.0 Å². The van der Waals surface area contributed by atoms with Crippen molar-refractivity contribution in [3.63, 3.8) is 0 Å². The van der Waals surface area contributed by atoms with Gasteiger partial charge in [-0.15, -0.1) is 0 Å². The number of aromatic nitrogens is 2. The summed E-state index contributed by atoms with van der Waals surface area (Å²) in [5.41, 5.74) is 2.10. The predicted molar refractivity (Wildman–Crippen MR) is 85.3 cm³/mol. The smallest absolute Gasteiger partial charge is 0.315 e. The third-order valence-corrected chi connectivity index (χ3v) is 3.83. The minimum Gasteiger partial charge on any atom is -0.336 e. The molecule has 21 heavy (non-hydrogen) atoms. The molecule has 2 N–H and O–H groups in total. The first-order chi connectivity index (χ1) is 9.99. The van der Waals surface area contributed by atoms with Gasteiger partial charge in [-0.1, -0.05) is 26.0 Å². The molecule has 0 spiro atoms. The molecular weight excluding hydrogens is 264 g/mol. The predicted octanol–water partition coefficient (Wildman–Crippen LogP) is 2.69. The number of hydrogen-bond donors (Lipinski definition) is 2. The fourth-order valence-electron chi connectivity index (χ4n) is 2.18. The van der Waals surface area contributed by atoms with Crippen LogP contribution in [0, 0.1) is 12.8 Å². The summed E-state index contributed by atoms with van der Waals surface area (Å²) in [4.78, 5) is 16.3. The number of benzene rings is 1. The van der Waals surface area contributed by atoms with E-state index in [1.165, 1.54) is 0 Å². The van der Waals surface area contributed by atoms with Gasteiger partial charge >= 0.3 is 6.03 Å². The standard InChI is InChI=1S/C16H24N4O/c1-11(2)12(3)18-16(21)17-9-10-20-13(4)19-14-7-5-6-8-15(14)20/h5-8,11-12H,9-10H2,1-4H3,(H2,17,18,21). The van der Waals surface area contributed by atoms with E-state index < -0.39 is 0 Å². The van der Waals surface area contributed by atoms with Gasteiger partial charge in [0, 0.05) is 19.1 Å². The van der Waals surface area contributed by atoms with Crippen molar-refractivity contribution in [3.05, 3.63) is 30.1 Å². The average Bonchev–Trinajstić information content (AvgIpc) is 2.75. The minimum absolute atomic E-state index is 0.113. The van der Waals surface area contributed by atoms with Crippen LogP contribution >= 0.6 is 0 Å². The van der Waals surface area contributed by atoms with Crippen molar-refractivity contribution < 1.29 is 4.79 Å². The second-order valence-electron chi connectivity index (χ2n) is 5.73. The first-order valence-electron chi connectivity index (χ1n) is 7.45. The molecule has 1 aromatic heterocycles. The van der Waals surface area contributed by atoms with Gasteiger partial charge in [-0.3, -0.25) is 0 Å². The van der Waals surface area contributed by atoms with Gasteiger partial charge in [-0.05, 0) is 31.9 Å². The van der Waals surface area contributed by atoms with Crippen LogP contribution in [0.4, 0.5) is 4.79 Å². The summed E-state index contributed by atoms with van der Waals surface area (Å²) in [6.45, 7) is 9.48. The van der Waals surface area contributed by atoms with Crippen molar-refractivity contribution in [2.75, 3.05) is 6.54 Å². The van der Waals surface area contributed by atoms with E-state index in [4.69, 9.17) is 0 Å². The summed E-state index contributed by atoms with van der Waals surface area (Å²) >= 11 is 0. The quantitative estimate of drug-likeness (QED) is 0.888. The lowest BCUT2D eigenvalue weighted by atomic mass is 10.1. The van der Waals surface area contributed by atoms with E-state index >= 15 is 0 Å². The molecule has 2 amide bonds. The molecule has 0 bridgehead atoms. The molecule has 1 atom stereocenters. The second-order valence-corrected chi connectivity index (χ2v) is 5.73. The Morgan fingerprint density at radius 2 is 2.00 bits per heavy atom. The van der Waals surface area contributed by atoms with Crippen LogP contribution in [-0.4, -0.2) is 28.2 Å². The molecule has 2 aromatic rings. The number of imidazole rings is 1. The SMILES string of the molecule is Cc1nc2ccccc2n1CCNC(=O)NC(C)C(C)C. The number of fused-ring (bicyclic) bond motifs is 1. The first-order valence-corrected chi connectivity index (χ1v) is 7.45. The Bertz CT molecular complexity index is 618. The van der Waals surface area contributed by atoms with E-state index in [0.717, 1.165) is 23.4 Å². The third-order valence-electron chi connectivity index (χ3n) is 3.83. The summed E-state index contributed by atoms with van der Waals surface area (Å²) in [5.74, 6) is 1.39. The largest absolute Gasteiger partial charge is 0.336 e. The van der Waals surface area contributed by atoms with Crippen molar-refractivity contribution in [1.29, 1.82) is 0 Å². The number of carbonyl (C=O) groups excluding carboxylic acids is 1. The molecular formula is C16H24N4O. The van der Waals surface area contributed by atoms with E-state index in [0.29, 0.717) is 12.5 Å². The fraction of sp³-hybridized carbons (Fsp3) is 0.500. The van der Waals surface area contributed by atoms with Crippen molar-refractivity contribution in [1.82, 2.24) is 20.2 Å². The van der Waals surface area contributed by atoms with Crippen LogP contribution in [0.5, 0.6) is 0 Å². The molecule has 1 unspecified atom stereocenters. The highest BCUT2D eigenvalue weighted by Crippen LogP contribution is 2.14. The monoisotopic (exact) mass is 288 g/mol. The number of urea groups is 1. The lowest BCUT2D eigenvalue weighted by molar-refractivity contribution is 0.234. The number of nitrogens with zero attached hydrogens (tertiary/aromatic N) is 2. The molecule has 0 saturated carbocycles. The molecule has 5 nitrogen and oxygen atoms in total. The van der Waals surface area contributed by atoms with E-state index in [1.807, 2.05) is 32.0 Å². The summed E-state index contributed by atoms with van der Waals surface area (Å²) in [6.07, 6.45) is 0. The molecule has 0 fully saturated rings. The van der Waals surface area contributed by atoms with Crippen LogP contribution in [0.15, 0.2) is 24.3 Å². The van der Waals surface area contributed by atoms with Crippen molar-refractivity contribution in [2.45, 2.75) is 40.3 Å². The van der Waals surface area contributed by atoms with Gasteiger partial charge < -0.3 is 15.2 Å². The number of hydrogen-bond acceptors (Lipinski definition) is 2. The lowest BCUT2D eigenvalue weighted by Crippen LogP contribution is -2.43. The summed E-state index contributed by atoms with van der Waals surface area (Å²) in [7, 11) is 0. The maximum absolute atomic E-state index is 11.8. The molecule has 0 aliphatic rings. The maximum Gasteiger partial charge on any atom is 0.315 e. The number of amides is 2. The molecule has 1 aromatic carbocycles. The Kier molecular flexibility index (Phi) is 4.83. The van der Waals surface area contributed by atoms with Gasteiger partial charge in [0.05, 0.1) is 11.0 Å². The van der Waals surface area contributed by atoms with Gasteiger partial charge in [0.1, 0.15) is 5.82 Å². The van der Waals surface area contributed by atoms with Crippen LogP contribution in [0.3, 0.4) is 0 Å². The zero-order valence-electron chi connectivity index (χ0n) is 13.2. The van der Waals surface area contributed by atoms with E-state index in [9.17, 15) is 4.79 Å². The third kappa shape index (κ3) is 3.74. The normalized spacial score (nSPS) is 12.6. The minimum atomic E-state index is -0.113. The van der Waals surface area contributed by atoms with Gasteiger partial charge in [0.25, 0.3) is 0 Å². The van der Waals surface area contributed by atoms with E-state index in [1.54, 1.807) is 0 Å². The Hall–Kier alpha value is -2.04. The van der Waals surface area contributed by atoms with E-state index in [2.05, 4.69) is 40.1 Å². The Morgan fingerprint density at radius 1 is 1.29 bits per heavy atom. The first kappa shape index (κ1) is 15.4. The Balaban J connectivity index is 1.91. The van der Waals surface area contributed by atoms with Crippen LogP contribution < -0.4 is 10.6 Å². The highest BCUT2D eigenvalue weighted by Gasteiger charge is 2.10. The summed E-state index contributed by atoms with van der Waals surface area (Å²) in [5, 5.41) is 5.84. The number of carbonyl (C=O) groups is 1. The van der Waals surface area contributed by atoms with E-state index in [-0.39, 0.29) is 12.1 Å². The number of rotatable bonds is 5. The highest BCUT2D eigenvalue weighted by molar-refractivity contribution is 5.76. The molecule has 0 aliphatic carbocycles. The molecule has 0 aliphatic heterocycles. The van der Waals surface area contributed by atoms with Gasteiger partial charge in [0.2, 0.25) is 0 Å². The second kappa shape index (κ2) is 6.61. The molecule has 114 valence electrons. The van der Waals surface area contributed by atoms with Gasteiger partial charge in [-0.2, -0.15) is 0 Å². The number of nitrogens with one attached hydrogen (secondary N) is 2. The Labute approximate surface area is 125 Å². The highest BCUT2D eigenvalue weighted by atomic mass is 16.2. The van der Waals surface area contributed by atoms with Crippen molar-refractivity contribution in [3.8, 4) is 0 Å². The van der Waals surface area contributed by atoms with Crippen LogP contribution in [0.25, 0.3) is 11.0 Å². The molecule has 0 saturated heterocycles. The van der Waals surface area contributed by atoms with Crippen LogP contribution in [0.2, 0.25) is 0 Å². The van der Waals surface area contributed by atoms with Crippen LogP contribution in [0.1, 0.15) is 26.6 Å². The zero-order chi connectivity index (χ0) is 15.4. The molecule has 5 heteroatoms. The fourth-order valence-corrected chi connectivity index (χ4v) is 2.18. The van der Waals surface area contributed by atoms with Crippen LogP contribution in [-0.2, 0) is 6.54 Å². The Morgan fingerprint density at radius 3 is 2.71 bits per heavy atom. The van der Waals surface area contributed by atoms with Gasteiger partial charge in [-0.25, -0.2) is 9.78 Å². The van der Waals surface area contributed by atoms with Gasteiger partial charge in [0.15, 0.2) is 0 Å². The summed E-state index contributed by atoms with van der Waals surface area (Å²) < 4.78 is 2.13. The number of aryl methyl sites for hydroxylation is 1. The molecule has 1 heterocycles. The lowest BCUT2D eigenvalue weighted by Gasteiger charge is -2.18. The number of para-hydroxylation sites is 2. The van der Waals surface area contributed by atoms with Crippen molar-refractivity contribution in [2.24, 2.45) is 5.92 Å². The zero-order valence-corrected chi connectivity index (χ0v) is 13.2. The molecule has 0 radical (unpaired) electrons. The van der Waals surface area contributed by atoms with Crippen molar-refractivity contribution >= 4 is 17.1 Å². The summed E-state index contributed by atoms with van der Waals surface area (Å²) in [6, 6.07) is 8.10.